The van der Waals surface area contributed by atoms with Gasteiger partial charge in [-0.25, -0.2) is 0 Å². The van der Waals surface area contributed by atoms with Crippen LogP contribution in [0.4, 0.5) is 0 Å². The Kier molecular flexibility index (Phi) is 3.75. The van der Waals surface area contributed by atoms with Gasteiger partial charge in [-0.1, -0.05) is 20.3 Å². The molecule has 1 aromatic rings. The van der Waals surface area contributed by atoms with E-state index in [1.165, 1.54) is 25.7 Å². The molecule has 16 heavy (non-hydrogen) atoms. The molecule has 1 unspecified atom stereocenters. The summed E-state index contributed by atoms with van der Waals surface area (Å²) in [5.74, 6) is 1.01. The number of furan rings is 1. The maximum Gasteiger partial charge on any atom is 0.169 e. The second-order valence-electron chi connectivity index (χ2n) is 5.54. The number of rotatable bonds is 3. The first-order valence-electron chi connectivity index (χ1n) is 6.03. The Balaban J connectivity index is 1.82. The zero-order valence-electron chi connectivity index (χ0n) is 10.1. The second kappa shape index (κ2) is 4.92. The fourth-order valence-electron chi connectivity index (χ4n) is 2.56. The van der Waals surface area contributed by atoms with Crippen molar-refractivity contribution in [3.05, 3.63) is 22.6 Å². The van der Waals surface area contributed by atoms with E-state index in [9.17, 15) is 0 Å². The van der Waals surface area contributed by atoms with Gasteiger partial charge in [-0.2, -0.15) is 0 Å². The highest BCUT2D eigenvalue weighted by atomic mass is 79.9. The third-order valence-electron chi connectivity index (χ3n) is 3.40. The molecular formula is C13H20BrNO. The smallest absolute Gasteiger partial charge is 0.169 e. The van der Waals surface area contributed by atoms with Gasteiger partial charge in [-0.05, 0) is 52.7 Å². The first-order valence-corrected chi connectivity index (χ1v) is 6.82. The fraction of sp³-hybridized carbons (Fsp3) is 0.692. The minimum atomic E-state index is 0.500. The molecule has 1 saturated carbocycles. The molecule has 1 N–H and O–H groups in total. The topological polar surface area (TPSA) is 25.2 Å². The Morgan fingerprint density at radius 1 is 1.50 bits per heavy atom. The van der Waals surface area contributed by atoms with Crippen LogP contribution in [0.3, 0.4) is 0 Å². The average molecular weight is 286 g/mol. The molecule has 0 amide bonds. The molecule has 1 atom stereocenters. The SMILES string of the molecule is CC1(C)CCCC(NCc2ccc(Br)o2)C1. The van der Waals surface area contributed by atoms with E-state index in [0.717, 1.165) is 17.0 Å². The van der Waals surface area contributed by atoms with Gasteiger partial charge in [0, 0.05) is 6.04 Å². The van der Waals surface area contributed by atoms with Crippen molar-refractivity contribution < 1.29 is 4.42 Å². The van der Waals surface area contributed by atoms with Crippen LogP contribution in [-0.4, -0.2) is 6.04 Å². The van der Waals surface area contributed by atoms with E-state index in [4.69, 9.17) is 4.42 Å². The summed E-state index contributed by atoms with van der Waals surface area (Å²) in [5.41, 5.74) is 0.500. The summed E-state index contributed by atoms with van der Waals surface area (Å²) in [6.07, 6.45) is 5.27. The van der Waals surface area contributed by atoms with Crippen LogP contribution in [0.15, 0.2) is 21.2 Å². The highest BCUT2D eigenvalue weighted by Crippen LogP contribution is 2.35. The normalized spacial score (nSPS) is 24.6. The summed E-state index contributed by atoms with van der Waals surface area (Å²) in [6.45, 7) is 5.57. The molecule has 0 saturated heterocycles. The van der Waals surface area contributed by atoms with Crippen molar-refractivity contribution in [2.45, 2.75) is 52.1 Å². The molecule has 1 aliphatic carbocycles. The minimum Gasteiger partial charge on any atom is -0.453 e. The molecule has 1 fully saturated rings. The van der Waals surface area contributed by atoms with E-state index in [1.54, 1.807) is 0 Å². The van der Waals surface area contributed by atoms with Gasteiger partial charge in [0.1, 0.15) is 5.76 Å². The minimum absolute atomic E-state index is 0.500. The largest absolute Gasteiger partial charge is 0.453 e. The van der Waals surface area contributed by atoms with Gasteiger partial charge in [0.25, 0.3) is 0 Å². The van der Waals surface area contributed by atoms with Gasteiger partial charge in [0.2, 0.25) is 0 Å². The first-order chi connectivity index (χ1) is 7.55. The summed E-state index contributed by atoms with van der Waals surface area (Å²) in [7, 11) is 0. The highest BCUT2D eigenvalue weighted by Gasteiger charge is 2.27. The molecule has 2 nitrogen and oxygen atoms in total. The summed E-state index contributed by atoms with van der Waals surface area (Å²) in [5, 5.41) is 3.59. The Labute approximate surface area is 106 Å². The number of halogens is 1. The molecular weight excluding hydrogens is 266 g/mol. The number of nitrogens with one attached hydrogen (secondary N) is 1. The second-order valence-corrected chi connectivity index (χ2v) is 6.33. The van der Waals surface area contributed by atoms with Crippen molar-refractivity contribution in [1.82, 2.24) is 5.32 Å². The lowest BCUT2D eigenvalue weighted by atomic mass is 9.75. The van der Waals surface area contributed by atoms with Crippen molar-refractivity contribution in [1.29, 1.82) is 0 Å². The van der Waals surface area contributed by atoms with Gasteiger partial charge < -0.3 is 9.73 Å². The molecule has 0 spiro atoms. The Hall–Kier alpha value is -0.280. The van der Waals surface area contributed by atoms with Crippen molar-refractivity contribution in [2.75, 3.05) is 0 Å². The van der Waals surface area contributed by atoms with Crippen LogP contribution >= 0.6 is 15.9 Å². The molecule has 90 valence electrons. The monoisotopic (exact) mass is 285 g/mol. The molecule has 1 aliphatic rings. The standard InChI is InChI=1S/C13H20BrNO/c1-13(2)7-3-4-10(8-13)15-9-11-5-6-12(14)16-11/h5-6,10,15H,3-4,7-9H2,1-2H3. The predicted octanol–water partition coefficient (Wildman–Crippen LogP) is 4.10. The summed E-state index contributed by atoms with van der Waals surface area (Å²) in [6, 6.07) is 4.61. The Morgan fingerprint density at radius 2 is 2.31 bits per heavy atom. The summed E-state index contributed by atoms with van der Waals surface area (Å²) in [4.78, 5) is 0. The van der Waals surface area contributed by atoms with E-state index in [-0.39, 0.29) is 0 Å². The highest BCUT2D eigenvalue weighted by molar-refractivity contribution is 9.10. The third-order valence-corrected chi connectivity index (χ3v) is 3.83. The van der Waals surface area contributed by atoms with E-state index in [2.05, 4.69) is 35.1 Å². The lowest BCUT2D eigenvalue weighted by molar-refractivity contribution is 0.195. The predicted molar refractivity (Wildman–Crippen MR) is 69.3 cm³/mol. The zero-order valence-corrected chi connectivity index (χ0v) is 11.6. The van der Waals surface area contributed by atoms with Crippen molar-refractivity contribution in [3.63, 3.8) is 0 Å². The number of hydrogen-bond donors (Lipinski definition) is 1. The molecule has 0 bridgehead atoms. The van der Waals surface area contributed by atoms with Crippen LogP contribution in [0.5, 0.6) is 0 Å². The lowest BCUT2D eigenvalue weighted by Crippen LogP contribution is -2.36. The van der Waals surface area contributed by atoms with Crippen LogP contribution < -0.4 is 5.32 Å². The van der Waals surface area contributed by atoms with Crippen LogP contribution in [0, 0.1) is 5.41 Å². The summed E-state index contributed by atoms with van der Waals surface area (Å²) >= 11 is 3.32. The van der Waals surface area contributed by atoms with Gasteiger partial charge in [-0.15, -0.1) is 0 Å². The van der Waals surface area contributed by atoms with Crippen LogP contribution in [0.1, 0.15) is 45.3 Å². The first kappa shape index (κ1) is 12.2. The van der Waals surface area contributed by atoms with E-state index in [1.807, 2.05) is 12.1 Å². The van der Waals surface area contributed by atoms with Crippen LogP contribution in [0.2, 0.25) is 0 Å². The maximum atomic E-state index is 5.48. The van der Waals surface area contributed by atoms with Crippen LogP contribution in [0.25, 0.3) is 0 Å². The Bertz CT molecular complexity index is 345. The molecule has 1 heterocycles. The fourth-order valence-corrected chi connectivity index (χ4v) is 2.90. The molecule has 0 radical (unpaired) electrons. The lowest BCUT2D eigenvalue weighted by Gasteiger charge is -2.35. The van der Waals surface area contributed by atoms with Crippen molar-refractivity contribution in [2.24, 2.45) is 5.41 Å². The molecule has 0 aliphatic heterocycles. The summed E-state index contributed by atoms with van der Waals surface area (Å²) < 4.78 is 6.29. The van der Waals surface area contributed by atoms with E-state index in [0.29, 0.717) is 11.5 Å². The average Bonchev–Trinajstić information content (AvgIpc) is 2.60. The Morgan fingerprint density at radius 3 is 2.94 bits per heavy atom. The van der Waals surface area contributed by atoms with Gasteiger partial charge >= 0.3 is 0 Å². The maximum absolute atomic E-state index is 5.48. The third kappa shape index (κ3) is 3.36. The van der Waals surface area contributed by atoms with Crippen molar-refractivity contribution in [3.8, 4) is 0 Å². The zero-order chi connectivity index (χ0) is 11.6. The van der Waals surface area contributed by atoms with E-state index >= 15 is 0 Å². The molecule has 3 heteroatoms. The van der Waals surface area contributed by atoms with Crippen molar-refractivity contribution >= 4 is 15.9 Å². The van der Waals surface area contributed by atoms with Crippen LogP contribution in [-0.2, 0) is 6.54 Å². The molecule has 1 aromatic heterocycles. The van der Waals surface area contributed by atoms with Gasteiger partial charge in [0.05, 0.1) is 6.54 Å². The van der Waals surface area contributed by atoms with E-state index < -0.39 is 0 Å². The molecule has 0 aromatic carbocycles. The van der Waals surface area contributed by atoms with Gasteiger partial charge in [-0.3, -0.25) is 0 Å². The number of hydrogen-bond acceptors (Lipinski definition) is 2. The molecule has 2 rings (SSSR count). The quantitative estimate of drug-likeness (QED) is 0.905. The van der Waals surface area contributed by atoms with Gasteiger partial charge in [0.15, 0.2) is 4.67 Å².